The number of likely N-dealkylation sites (N-methyl/N-ethyl adjacent to an activating group) is 1. The van der Waals surface area contributed by atoms with Crippen molar-refractivity contribution in [2.75, 3.05) is 13.1 Å². The van der Waals surface area contributed by atoms with Crippen LogP contribution in [0.2, 0.25) is 0 Å². The summed E-state index contributed by atoms with van der Waals surface area (Å²) in [5.74, 6) is -0.692. The molecule has 0 saturated heterocycles. The second kappa shape index (κ2) is 5.82. The van der Waals surface area contributed by atoms with Crippen molar-refractivity contribution in [3.8, 4) is 0 Å². The Morgan fingerprint density at radius 2 is 2.00 bits per heavy atom. The molecule has 0 aliphatic heterocycles. The lowest BCUT2D eigenvalue weighted by Crippen LogP contribution is -2.38. The van der Waals surface area contributed by atoms with Crippen molar-refractivity contribution < 1.29 is 9.59 Å². The SMILES string of the molecule is CCN(CC(N)=O)C(=O)c1cc(C)cc(Br)c1. The number of aryl methyl sites for hydroxylation is 1. The average molecular weight is 299 g/mol. The molecular weight excluding hydrogens is 284 g/mol. The summed E-state index contributed by atoms with van der Waals surface area (Å²) in [6, 6.07) is 5.44. The van der Waals surface area contributed by atoms with Gasteiger partial charge in [-0.1, -0.05) is 15.9 Å². The molecule has 4 nitrogen and oxygen atoms in total. The molecule has 17 heavy (non-hydrogen) atoms. The van der Waals surface area contributed by atoms with Crippen molar-refractivity contribution >= 4 is 27.7 Å². The molecule has 0 aromatic heterocycles. The molecule has 0 heterocycles. The minimum Gasteiger partial charge on any atom is -0.368 e. The molecule has 2 N–H and O–H groups in total. The van der Waals surface area contributed by atoms with E-state index in [1.54, 1.807) is 12.1 Å². The second-order valence-electron chi connectivity index (χ2n) is 3.80. The van der Waals surface area contributed by atoms with E-state index in [0.717, 1.165) is 10.0 Å². The number of carbonyl (C=O) groups is 2. The first-order valence-electron chi connectivity index (χ1n) is 5.28. The van der Waals surface area contributed by atoms with Crippen LogP contribution in [0.4, 0.5) is 0 Å². The lowest BCUT2D eigenvalue weighted by atomic mass is 10.1. The Morgan fingerprint density at radius 1 is 1.35 bits per heavy atom. The molecule has 0 atom stereocenters. The molecule has 1 aromatic rings. The van der Waals surface area contributed by atoms with Gasteiger partial charge >= 0.3 is 0 Å². The average Bonchev–Trinajstić information content (AvgIpc) is 2.23. The zero-order valence-electron chi connectivity index (χ0n) is 9.87. The standard InChI is InChI=1S/C12H15BrN2O2/c1-3-15(7-11(14)16)12(17)9-4-8(2)5-10(13)6-9/h4-6H,3,7H2,1-2H3,(H2,14,16). The minimum atomic E-state index is -0.507. The van der Waals surface area contributed by atoms with Crippen LogP contribution in [0.25, 0.3) is 0 Å². The van der Waals surface area contributed by atoms with Gasteiger partial charge in [0.25, 0.3) is 5.91 Å². The van der Waals surface area contributed by atoms with E-state index in [4.69, 9.17) is 5.73 Å². The first-order valence-corrected chi connectivity index (χ1v) is 6.08. The zero-order valence-corrected chi connectivity index (χ0v) is 11.5. The molecule has 1 rings (SSSR count). The van der Waals surface area contributed by atoms with E-state index in [1.165, 1.54) is 4.90 Å². The van der Waals surface area contributed by atoms with E-state index in [2.05, 4.69) is 15.9 Å². The molecule has 0 radical (unpaired) electrons. The van der Waals surface area contributed by atoms with Crippen LogP contribution in [0.3, 0.4) is 0 Å². The van der Waals surface area contributed by atoms with Crippen molar-refractivity contribution in [3.05, 3.63) is 33.8 Å². The first-order chi connectivity index (χ1) is 7.93. The van der Waals surface area contributed by atoms with Crippen molar-refractivity contribution in [1.82, 2.24) is 4.90 Å². The van der Waals surface area contributed by atoms with Gasteiger partial charge in [0.05, 0.1) is 6.54 Å². The van der Waals surface area contributed by atoms with Gasteiger partial charge in [0.2, 0.25) is 5.91 Å². The Balaban J connectivity index is 2.97. The summed E-state index contributed by atoms with van der Waals surface area (Å²) in [4.78, 5) is 24.4. The number of carbonyl (C=O) groups excluding carboxylic acids is 2. The highest BCUT2D eigenvalue weighted by atomic mass is 79.9. The van der Waals surface area contributed by atoms with Crippen LogP contribution in [-0.2, 0) is 4.79 Å². The van der Waals surface area contributed by atoms with Crippen LogP contribution in [-0.4, -0.2) is 29.8 Å². The number of benzene rings is 1. The summed E-state index contributed by atoms with van der Waals surface area (Å²) in [5.41, 5.74) is 6.64. The molecule has 0 bridgehead atoms. The summed E-state index contributed by atoms with van der Waals surface area (Å²) >= 11 is 3.34. The molecule has 2 amide bonds. The Bertz CT molecular complexity index is 426. The second-order valence-corrected chi connectivity index (χ2v) is 4.72. The van der Waals surface area contributed by atoms with Crippen LogP contribution in [0.15, 0.2) is 22.7 Å². The van der Waals surface area contributed by atoms with Crippen LogP contribution in [0.5, 0.6) is 0 Å². The van der Waals surface area contributed by atoms with Crippen LogP contribution >= 0.6 is 15.9 Å². The predicted octanol–water partition coefficient (Wildman–Crippen LogP) is 1.70. The molecule has 5 heteroatoms. The molecular formula is C12H15BrN2O2. The van der Waals surface area contributed by atoms with Gasteiger partial charge in [-0.25, -0.2) is 0 Å². The molecule has 0 unspecified atom stereocenters. The van der Waals surface area contributed by atoms with E-state index in [9.17, 15) is 9.59 Å². The van der Waals surface area contributed by atoms with Crippen LogP contribution in [0, 0.1) is 6.92 Å². The minimum absolute atomic E-state index is 0.0547. The number of nitrogens with zero attached hydrogens (tertiary/aromatic N) is 1. The third-order valence-electron chi connectivity index (χ3n) is 2.30. The van der Waals surface area contributed by atoms with Gasteiger partial charge in [-0.15, -0.1) is 0 Å². The van der Waals surface area contributed by atoms with E-state index < -0.39 is 5.91 Å². The number of hydrogen-bond donors (Lipinski definition) is 1. The highest BCUT2D eigenvalue weighted by Crippen LogP contribution is 2.16. The molecule has 0 saturated carbocycles. The number of rotatable bonds is 4. The summed E-state index contributed by atoms with van der Waals surface area (Å²) < 4.78 is 0.843. The van der Waals surface area contributed by atoms with E-state index in [-0.39, 0.29) is 12.5 Å². The highest BCUT2D eigenvalue weighted by molar-refractivity contribution is 9.10. The van der Waals surface area contributed by atoms with Gasteiger partial charge in [-0.3, -0.25) is 9.59 Å². The lowest BCUT2D eigenvalue weighted by molar-refractivity contribution is -0.118. The Hall–Kier alpha value is -1.36. The summed E-state index contributed by atoms with van der Waals surface area (Å²) in [5, 5.41) is 0. The largest absolute Gasteiger partial charge is 0.368 e. The molecule has 1 aromatic carbocycles. The quantitative estimate of drug-likeness (QED) is 0.920. The third kappa shape index (κ3) is 3.85. The van der Waals surface area contributed by atoms with E-state index >= 15 is 0 Å². The van der Waals surface area contributed by atoms with Gasteiger partial charge in [0.15, 0.2) is 0 Å². The van der Waals surface area contributed by atoms with Crippen molar-refractivity contribution in [1.29, 1.82) is 0 Å². The number of primary amides is 1. The predicted molar refractivity (Wildman–Crippen MR) is 69.7 cm³/mol. The van der Waals surface area contributed by atoms with Gasteiger partial charge in [-0.05, 0) is 37.6 Å². The van der Waals surface area contributed by atoms with E-state index in [1.807, 2.05) is 19.9 Å². The molecule has 92 valence electrons. The molecule has 0 aliphatic carbocycles. The summed E-state index contributed by atoms with van der Waals surface area (Å²) in [6.07, 6.45) is 0. The molecule has 0 fully saturated rings. The Morgan fingerprint density at radius 3 is 2.47 bits per heavy atom. The zero-order chi connectivity index (χ0) is 13.0. The topological polar surface area (TPSA) is 63.4 Å². The first kappa shape index (κ1) is 13.7. The van der Waals surface area contributed by atoms with Crippen molar-refractivity contribution in [2.45, 2.75) is 13.8 Å². The van der Waals surface area contributed by atoms with Crippen LogP contribution in [0.1, 0.15) is 22.8 Å². The van der Waals surface area contributed by atoms with Gasteiger partial charge in [0, 0.05) is 16.6 Å². The number of hydrogen-bond acceptors (Lipinski definition) is 2. The fourth-order valence-electron chi connectivity index (χ4n) is 1.56. The summed E-state index contributed by atoms with van der Waals surface area (Å²) in [6.45, 7) is 4.12. The third-order valence-corrected chi connectivity index (χ3v) is 2.76. The van der Waals surface area contributed by atoms with Crippen LogP contribution < -0.4 is 5.73 Å². The highest BCUT2D eigenvalue weighted by Gasteiger charge is 2.16. The number of amides is 2. The monoisotopic (exact) mass is 298 g/mol. The fraction of sp³-hybridized carbons (Fsp3) is 0.333. The maximum atomic E-state index is 12.1. The normalized spacial score (nSPS) is 10.1. The maximum absolute atomic E-state index is 12.1. The lowest BCUT2D eigenvalue weighted by Gasteiger charge is -2.19. The van der Waals surface area contributed by atoms with Crippen molar-refractivity contribution in [2.24, 2.45) is 5.73 Å². The molecule has 0 spiro atoms. The van der Waals surface area contributed by atoms with E-state index in [0.29, 0.717) is 12.1 Å². The summed E-state index contributed by atoms with van der Waals surface area (Å²) in [7, 11) is 0. The number of nitrogens with two attached hydrogens (primary N) is 1. The maximum Gasteiger partial charge on any atom is 0.254 e. The Labute approximate surface area is 109 Å². The van der Waals surface area contributed by atoms with Gasteiger partial charge in [-0.2, -0.15) is 0 Å². The molecule has 0 aliphatic rings. The smallest absolute Gasteiger partial charge is 0.254 e. The Kier molecular flexibility index (Phi) is 4.69. The van der Waals surface area contributed by atoms with Gasteiger partial charge in [0.1, 0.15) is 0 Å². The fourth-order valence-corrected chi connectivity index (χ4v) is 2.17. The van der Waals surface area contributed by atoms with Gasteiger partial charge < -0.3 is 10.6 Å². The number of halogens is 1. The van der Waals surface area contributed by atoms with Crippen molar-refractivity contribution in [3.63, 3.8) is 0 Å².